The second kappa shape index (κ2) is 10.4. The first kappa shape index (κ1) is 23.6. The highest BCUT2D eigenvalue weighted by atomic mass is 16.2. The van der Waals surface area contributed by atoms with Gasteiger partial charge in [-0.1, -0.05) is 56.9 Å². The van der Waals surface area contributed by atoms with Crippen molar-refractivity contribution in [2.75, 3.05) is 13.1 Å². The average Bonchev–Trinajstić information content (AvgIpc) is 2.80. The molecule has 0 fully saturated rings. The van der Waals surface area contributed by atoms with Gasteiger partial charge in [-0.3, -0.25) is 14.5 Å². The first-order chi connectivity index (χ1) is 15.4. The molecule has 16 nitrogen and oxygen atoms in total. The summed E-state index contributed by atoms with van der Waals surface area (Å²) in [5.74, 6) is -1.80. The number of nitrogens with zero attached hydrogens (tertiary/aromatic N) is 13. The van der Waals surface area contributed by atoms with Crippen LogP contribution >= 0.6 is 0 Å². The van der Waals surface area contributed by atoms with E-state index in [1.807, 2.05) is 0 Å². The number of hydrogen-bond donors (Lipinski definition) is 1. The summed E-state index contributed by atoms with van der Waals surface area (Å²) in [6, 6.07) is 0. The Balaban J connectivity index is 2.49. The number of nitrogens with two attached hydrogens (primary N) is 1. The highest BCUT2D eigenvalue weighted by Crippen LogP contribution is 2.33. The van der Waals surface area contributed by atoms with Gasteiger partial charge in [0.2, 0.25) is 11.8 Å². The van der Waals surface area contributed by atoms with E-state index in [1.54, 1.807) is 0 Å². The van der Waals surface area contributed by atoms with Gasteiger partial charge in [-0.2, -0.15) is 0 Å². The third-order valence-corrected chi connectivity index (χ3v) is 4.65. The standard InChI is InChI=1S/C16H16N14O2/c17-9-10-30(13(31)15(24-28-20)5-1-11(2-6-15)22-26-18)14(32)16(25-29-21)7-3-12(4-8-16)23-27-19/h1-5,7H,6,8-10,17H2. The molecule has 0 aliphatic heterocycles. The van der Waals surface area contributed by atoms with Crippen LogP contribution in [0.2, 0.25) is 0 Å². The minimum atomic E-state index is -1.82. The lowest BCUT2D eigenvalue weighted by Gasteiger charge is -2.36. The van der Waals surface area contributed by atoms with Crippen molar-refractivity contribution in [2.24, 2.45) is 26.2 Å². The second-order valence-corrected chi connectivity index (χ2v) is 6.49. The van der Waals surface area contributed by atoms with Crippen molar-refractivity contribution in [3.05, 3.63) is 89.6 Å². The van der Waals surface area contributed by atoms with E-state index >= 15 is 0 Å². The first-order valence-corrected chi connectivity index (χ1v) is 9.00. The molecule has 0 aromatic heterocycles. The number of allylic oxidation sites excluding steroid dienone is 2. The van der Waals surface area contributed by atoms with Gasteiger partial charge in [0.05, 0.1) is 0 Å². The van der Waals surface area contributed by atoms with E-state index in [-0.39, 0.29) is 37.3 Å². The van der Waals surface area contributed by atoms with Crippen LogP contribution in [0.15, 0.2) is 68.3 Å². The fourth-order valence-electron chi connectivity index (χ4n) is 3.09. The van der Waals surface area contributed by atoms with Gasteiger partial charge in [-0.05, 0) is 35.0 Å². The van der Waals surface area contributed by atoms with Crippen LogP contribution in [0.1, 0.15) is 12.8 Å². The number of hydrogen-bond acceptors (Lipinski definition) is 7. The predicted octanol–water partition coefficient (Wildman–Crippen LogP) is 3.71. The van der Waals surface area contributed by atoms with Crippen LogP contribution < -0.4 is 5.73 Å². The SMILES string of the molecule is [N-]=[N+]=NC1=CCC(N=[N+]=[N-])(C(=O)N(CCN)C(=O)C2(N=[N+]=[N-])C=CC(N=[N+]=[N-])=CC2)C=C1. The molecule has 16 heteroatoms. The highest BCUT2D eigenvalue weighted by molar-refractivity contribution is 6.06. The highest BCUT2D eigenvalue weighted by Gasteiger charge is 2.46. The number of imide groups is 1. The zero-order chi connectivity index (χ0) is 23.6. The van der Waals surface area contributed by atoms with Crippen LogP contribution in [-0.2, 0) is 9.59 Å². The van der Waals surface area contributed by atoms with Gasteiger partial charge >= 0.3 is 0 Å². The average molecular weight is 436 g/mol. The Morgan fingerprint density at radius 1 is 0.875 bits per heavy atom. The van der Waals surface area contributed by atoms with E-state index in [2.05, 4.69) is 40.1 Å². The summed E-state index contributed by atoms with van der Waals surface area (Å²) in [7, 11) is 0. The number of carbonyl (C=O) groups excluding carboxylic acids is 2. The molecule has 2 rings (SSSR count). The molecule has 0 aromatic rings. The lowest BCUT2D eigenvalue weighted by Crippen LogP contribution is -2.56. The quantitative estimate of drug-likeness (QED) is 0.258. The van der Waals surface area contributed by atoms with Crippen molar-refractivity contribution in [3.63, 3.8) is 0 Å². The van der Waals surface area contributed by atoms with Crippen molar-refractivity contribution in [1.29, 1.82) is 0 Å². The summed E-state index contributed by atoms with van der Waals surface area (Å²) in [4.78, 5) is 38.3. The van der Waals surface area contributed by atoms with Crippen LogP contribution in [-0.4, -0.2) is 40.9 Å². The second-order valence-electron chi connectivity index (χ2n) is 6.49. The number of azide groups is 4. The fraction of sp³-hybridized carbons (Fsp3) is 0.375. The zero-order valence-corrected chi connectivity index (χ0v) is 16.5. The van der Waals surface area contributed by atoms with Crippen LogP contribution in [0.3, 0.4) is 0 Å². The molecule has 2 unspecified atom stereocenters. The summed E-state index contributed by atoms with van der Waals surface area (Å²) >= 11 is 0. The third-order valence-electron chi connectivity index (χ3n) is 4.65. The van der Waals surface area contributed by atoms with E-state index in [9.17, 15) is 9.59 Å². The molecule has 0 saturated carbocycles. The summed E-state index contributed by atoms with van der Waals surface area (Å²) in [5, 5.41) is 14.0. The maximum absolute atomic E-state index is 13.4. The summed E-state index contributed by atoms with van der Waals surface area (Å²) in [6.07, 6.45) is 7.45. The van der Waals surface area contributed by atoms with Crippen molar-refractivity contribution >= 4 is 11.8 Å². The monoisotopic (exact) mass is 436 g/mol. The molecule has 2 atom stereocenters. The molecule has 2 aliphatic rings. The van der Waals surface area contributed by atoms with Crippen molar-refractivity contribution in [3.8, 4) is 0 Å². The molecule has 0 heterocycles. The molecule has 0 spiro atoms. The molecule has 32 heavy (non-hydrogen) atoms. The minimum absolute atomic E-state index is 0.122. The maximum atomic E-state index is 13.4. The maximum Gasteiger partial charge on any atom is 0.245 e. The smallest absolute Gasteiger partial charge is 0.245 e. The van der Waals surface area contributed by atoms with Gasteiger partial charge in [0.25, 0.3) is 0 Å². The Morgan fingerprint density at radius 2 is 1.31 bits per heavy atom. The number of rotatable bonds is 8. The van der Waals surface area contributed by atoms with Crippen molar-refractivity contribution in [1.82, 2.24) is 4.90 Å². The lowest BCUT2D eigenvalue weighted by molar-refractivity contribution is -0.149. The third kappa shape index (κ3) is 4.71. The molecule has 2 aliphatic carbocycles. The Hall–Kier alpha value is -4.70. The predicted molar refractivity (Wildman–Crippen MR) is 112 cm³/mol. The summed E-state index contributed by atoms with van der Waals surface area (Å²) < 4.78 is 0. The Bertz CT molecular complexity index is 1040. The Morgan fingerprint density at radius 3 is 1.59 bits per heavy atom. The normalized spacial score (nSPS) is 23.2. The largest absolute Gasteiger partial charge is 0.329 e. The van der Waals surface area contributed by atoms with Crippen LogP contribution in [0.4, 0.5) is 0 Å². The molecule has 2 N–H and O–H groups in total. The van der Waals surface area contributed by atoms with E-state index < -0.39 is 22.9 Å². The molecule has 162 valence electrons. The molecule has 2 amide bonds. The summed E-state index contributed by atoms with van der Waals surface area (Å²) in [5.41, 5.74) is 37.5. The fourth-order valence-corrected chi connectivity index (χ4v) is 3.09. The van der Waals surface area contributed by atoms with Gasteiger partial charge in [0.1, 0.15) is 11.1 Å². The van der Waals surface area contributed by atoms with Crippen molar-refractivity contribution < 1.29 is 9.59 Å². The number of carbonyl (C=O) groups is 2. The molecule has 0 saturated heterocycles. The topological polar surface area (TPSA) is 258 Å². The van der Waals surface area contributed by atoms with Gasteiger partial charge in [-0.25, -0.2) is 0 Å². The molecular formula is C16H16N14O2. The summed E-state index contributed by atoms with van der Waals surface area (Å²) in [6.45, 7) is -0.381. The van der Waals surface area contributed by atoms with Crippen LogP contribution in [0.25, 0.3) is 41.8 Å². The molecule has 0 aromatic carbocycles. The van der Waals surface area contributed by atoms with E-state index in [0.717, 1.165) is 4.90 Å². The molecular weight excluding hydrogens is 420 g/mol. The van der Waals surface area contributed by atoms with Crippen molar-refractivity contribution in [2.45, 2.75) is 23.9 Å². The Kier molecular flexibility index (Phi) is 7.64. The molecule has 0 bridgehead atoms. The zero-order valence-electron chi connectivity index (χ0n) is 16.5. The van der Waals surface area contributed by atoms with Crippen LogP contribution in [0.5, 0.6) is 0 Å². The Labute approximate surface area is 179 Å². The lowest BCUT2D eigenvalue weighted by atomic mass is 9.86. The minimum Gasteiger partial charge on any atom is -0.329 e. The van der Waals surface area contributed by atoms with E-state index in [0.29, 0.717) is 0 Å². The van der Waals surface area contributed by atoms with Gasteiger partial charge in [0.15, 0.2) is 0 Å². The van der Waals surface area contributed by atoms with Gasteiger partial charge in [-0.15, -0.1) is 0 Å². The van der Waals surface area contributed by atoms with Gasteiger partial charge < -0.3 is 5.73 Å². The molecule has 0 radical (unpaired) electrons. The first-order valence-electron chi connectivity index (χ1n) is 9.00. The number of amides is 2. The van der Waals surface area contributed by atoms with Gasteiger partial charge in [0, 0.05) is 44.1 Å². The van der Waals surface area contributed by atoms with Crippen LogP contribution in [0, 0.1) is 0 Å². The van der Waals surface area contributed by atoms with E-state index in [4.69, 9.17) is 27.9 Å². The van der Waals surface area contributed by atoms with E-state index in [1.165, 1.54) is 36.5 Å².